The lowest BCUT2D eigenvalue weighted by atomic mass is 10.2. The predicted octanol–water partition coefficient (Wildman–Crippen LogP) is 4.43. The molecule has 2 aromatic carbocycles. The minimum absolute atomic E-state index is 0.860. The highest BCUT2D eigenvalue weighted by atomic mass is 16.5. The summed E-state index contributed by atoms with van der Waals surface area (Å²) in [4.78, 5) is 0. The number of hydrogen-bond acceptors (Lipinski definition) is 1. The van der Waals surface area contributed by atoms with E-state index in [1.807, 2.05) is 78.9 Å². The number of allylic oxidation sites excluding steroid dienone is 2. The van der Waals surface area contributed by atoms with E-state index in [-0.39, 0.29) is 0 Å². The molecule has 0 unspecified atom stereocenters. The van der Waals surface area contributed by atoms with Crippen LogP contribution < -0.4 is 4.74 Å². The molecule has 0 amide bonds. The van der Waals surface area contributed by atoms with Crippen LogP contribution in [-0.4, -0.2) is 7.11 Å². The Bertz CT molecular complexity index is 638. The Hall–Kier alpha value is -2.72. The van der Waals surface area contributed by atoms with Gasteiger partial charge in [0.2, 0.25) is 0 Å². The van der Waals surface area contributed by atoms with E-state index in [4.69, 9.17) is 4.74 Å². The molecule has 0 saturated heterocycles. The second-order valence-electron chi connectivity index (χ2n) is 4.14. The minimum Gasteiger partial charge on any atom is -0.497 e. The van der Waals surface area contributed by atoms with Gasteiger partial charge in [0.25, 0.3) is 0 Å². The molecule has 1 nitrogen and oxygen atoms in total. The predicted molar refractivity (Wildman–Crippen MR) is 85.3 cm³/mol. The van der Waals surface area contributed by atoms with Crippen LogP contribution in [0.4, 0.5) is 0 Å². The number of benzene rings is 2. The third kappa shape index (κ3) is 4.51. The number of methoxy groups -OCH3 is 1. The molecule has 1 heteroatoms. The maximum Gasteiger partial charge on any atom is 0.118 e. The maximum atomic E-state index is 5.11. The quantitative estimate of drug-likeness (QED) is 0.742. The van der Waals surface area contributed by atoms with Crippen LogP contribution in [0, 0.1) is 11.8 Å². The lowest BCUT2D eigenvalue weighted by Crippen LogP contribution is -1.81. The molecule has 0 spiro atoms. The molecule has 0 fully saturated rings. The summed E-state index contributed by atoms with van der Waals surface area (Å²) in [5.41, 5.74) is 2.26. The fourth-order valence-corrected chi connectivity index (χ4v) is 1.65. The fourth-order valence-electron chi connectivity index (χ4n) is 1.65. The Morgan fingerprint density at radius 2 is 1.30 bits per heavy atom. The highest BCUT2D eigenvalue weighted by molar-refractivity contribution is 5.56. The van der Waals surface area contributed by atoms with Gasteiger partial charge in [-0.3, -0.25) is 0 Å². The Kier molecular flexibility index (Phi) is 5.25. The van der Waals surface area contributed by atoms with Crippen LogP contribution in [-0.2, 0) is 0 Å². The van der Waals surface area contributed by atoms with Crippen molar-refractivity contribution in [2.24, 2.45) is 0 Å². The molecule has 0 aromatic heterocycles. The monoisotopic (exact) mass is 260 g/mol. The maximum absolute atomic E-state index is 5.11. The van der Waals surface area contributed by atoms with Crippen molar-refractivity contribution in [3.05, 3.63) is 77.9 Å². The Balaban J connectivity index is 1.90. The molecule has 20 heavy (non-hydrogen) atoms. The Morgan fingerprint density at radius 3 is 1.85 bits per heavy atom. The molecule has 0 heterocycles. The molecule has 0 radical (unpaired) electrons. The van der Waals surface area contributed by atoms with Gasteiger partial charge in [-0.15, -0.1) is 0 Å². The van der Waals surface area contributed by atoms with Gasteiger partial charge in [0.1, 0.15) is 5.75 Å². The zero-order valence-electron chi connectivity index (χ0n) is 11.4. The van der Waals surface area contributed by atoms with Crippen molar-refractivity contribution in [1.82, 2.24) is 0 Å². The van der Waals surface area contributed by atoms with E-state index in [1.54, 1.807) is 7.11 Å². The van der Waals surface area contributed by atoms with Crippen LogP contribution in [0.15, 0.2) is 66.7 Å². The molecule has 2 rings (SSSR count). The average Bonchev–Trinajstić information content (AvgIpc) is 2.52. The highest BCUT2D eigenvalue weighted by Gasteiger charge is 1.88. The molecule has 0 N–H and O–H groups in total. The zero-order chi connectivity index (χ0) is 14.0. The van der Waals surface area contributed by atoms with Gasteiger partial charge >= 0.3 is 0 Å². The van der Waals surface area contributed by atoms with Gasteiger partial charge < -0.3 is 4.74 Å². The van der Waals surface area contributed by atoms with E-state index in [1.165, 1.54) is 0 Å². The highest BCUT2D eigenvalue weighted by Crippen LogP contribution is 2.11. The van der Waals surface area contributed by atoms with Gasteiger partial charge in [-0.25, -0.2) is 0 Å². The van der Waals surface area contributed by atoms with E-state index in [9.17, 15) is 0 Å². The lowest BCUT2D eigenvalue weighted by molar-refractivity contribution is 0.415. The molecule has 0 aliphatic heterocycles. The van der Waals surface area contributed by atoms with Gasteiger partial charge in [-0.05, 0) is 47.6 Å². The summed E-state index contributed by atoms with van der Waals surface area (Å²) >= 11 is 0. The molecule has 0 aliphatic rings. The molecule has 0 bridgehead atoms. The van der Waals surface area contributed by atoms with Gasteiger partial charge in [0, 0.05) is 0 Å². The first kappa shape index (κ1) is 13.7. The smallest absolute Gasteiger partial charge is 0.118 e. The number of ether oxygens (including phenoxy) is 1. The van der Waals surface area contributed by atoms with E-state index >= 15 is 0 Å². The van der Waals surface area contributed by atoms with Gasteiger partial charge in [-0.2, -0.15) is 0 Å². The lowest BCUT2D eigenvalue weighted by Gasteiger charge is -1.98. The van der Waals surface area contributed by atoms with Gasteiger partial charge in [0.15, 0.2) is 0 Å². The molecule has 2 aromatic rings. The first-order chi connectivity index (χ1) is 9.88. The normalized spacial score (nSPS) is 10.4. The van der Waals surface area contributed by atoms with E-state index in [2.05, 4.69) is 11.8 Å². The largest absolute Gasteiger partial charge is 0.497 e. The summed E-state index contributed by atoms with van der Waals surface area (Å²) < 4.78 is 5.11. The van der Waals surface area contributed by atoms with Crippen molar-refractivity contribution in [2.45, 2.75) is 0 Å². The van der Waals surface area contributed by atoms with E-state index in [0.29, 0.717) is 0 Å². The number of rotatable bonds is 3. The molecular formula is C19H16O. The SMILES string of the molecule is COc1ccc(/C=C/C#C/C=C/c2ccccc2)cc1. The third-order valence-corrected chi connectivity index (χ3v) is 2.72. The first-order valence-corrected chi connectivity index (χ1v) is 6.42. The number of hydrogen-bond donors (Lipinski definition) is 0. The second-order valence-corrected chi connectivity index (χ2v) is 4.14. The van der Waals surface area contributed by atoms with Crippen molar-refractivity contribution in [2.75, 3.05) is 7.11 Å². The summed E-state index contributed by atoms with van der Waals surface area (Å²) in [6, 6.07) is 18.0. The molecule has 0 atom stereocenters. The average molecular weight is 260 g/mol. The van der Waals surface area contributed by atoms with Crippen LogP contribution in [0.3, 0.4) is 0 Å². The summed E-state index contributed by atoms with van der Waals surface area (Å²) in [6.07, 6.45) is 7.67. The van der Waals surface area contributed by atoms with Crippen LogP contribution in [0.25, 0.3) is 12.2 Å². The fraction of sp³-hybridized carbons (Fsp3) is 0.0526. The standard InChI is InChI=1S/C19H16O/c1-20-19-15-13-18(14-16-19)12-6-3-2-5-9-17-10-7-4-8-11-17/h4-16H,1H3/b9-5+,12-6+. The van der Waals surface area contributed by atoms with Crippen LogP contribution in [0.2, 0.25) is 0 Å². The molecule has 0 saturated carbocycles. The van der Waals surface area contributed by atoms with Gasteiger partial charge in [-0.1, -0.05) is 54.3 Å². The van der Waals surface area contributed by atoms with Crippen LogP contribution >= 0.6 is 0 Å². The third-order valence-electron chi connectivity index (χ3n) is 2.72. The molecular weight excluding hydrogens is 244 g/mol. The van der Waals surface area contributed by atoms with E-state index < -0.39 is 0 Å². The minimum atomic E-state index is 0.860. The van der Waals surface area contributed by atoms with Crippen LogP contribution in [0.5, 0.6) is 5.75 Å². The van der Waals surface area contributed by atoms with Crippen molar-refractivity contribution in [3.8, 4) is 17.6 Å². The van der Waals surface area contributed by atoms with Crippen molar-refractivity contribution in [3.63, 3.8) is 0 Å². The summed E-state index contributed by atoms with van der Waals surface area (Å²) in [5.74, 6) is 6.83. The summed E-state index contributed by atoms with van der Waals surface area (Å²) in [6.45, 7) is 0. The van der Waals surface area contributed by atoms with Crippen LogP contribution in [0.1, 0.15) is 11.1 Å². The molecule has 0 aliphatic carbocycles. The Morgan fingerprint density at radius 1 is 0.750 bits per heavy atom. The van der Waals surface area contributed by atoms with Gasteiger partial charge in [0.05, 0.1) is 7.11 Å². The summed E-state index contributed by atoms with van der Waals surface area (Å²) in [7, 11) is 1.66. The molecule has 98 valence electrons. The Labute approximate surface area is 120 Å². The van der Waals surface area contributed by atoms with E-state index in [0.717, 1.165) is 16.9 Å². The summed E-state index contributed by atoms with van der Waals surface area (Å²) in [5, 5.41) is 0. The van der Waals surface area contributed by atoms with Crippen molar-refractivity contribution >= 4 is 12.2 Å². The topological polar surface area (TPSA) is 9.23 Å². The van der Waals surface area contributed by atoms with Crippen molar-refractivity contribution < 1.29 is 4.74 Å². The van der Waals surface area contributed by atoms with Crippen molar-refractivity contribution in [1.29, 1.82) is 0 Å². The first-order valence-electron chi connectivity index (χ1n) is 6.42. The zero-order valence-corrected chi connectivity index (χ0v) is 11.4. The second kappa shape index (κ2) is 7.66.